The fourth-order valence-electron chi connectivity index (χ4n) is 4.41. The fraction of sp³-hybridized carbons (Fsp3) is 0.600. The van der Waals surface area contributed by atoms with Crippen LogP contribution in [0, 0.1) is 0 Å². The van der Waals surface area contributed by atoms with E-state index < -0.39 is 12.3 Å². The van der Waals surface area contributed by atoms with Gasteiger partial charge in [0.1, 0.15) is 18.0 Å². The van der Waals surface area contributed by atoms with Crippen LogP contribution in [0.25, 0.3) is 11.1 Å². The number of hydrogen-bond donors (Lipinski definition) is 1. The van der Waals surface area contributed by atoms with Crippen molar-refractivity contribution in [2.24, 2.45) is 0 Å². The Hall–Kier alpha value is -2.21. The van der Waals surface area contributed by atoms with Gasteiger partial charge in [-0.1, -0.05) is 31.9 Å². The van der Waals surface area contributed by atoms with Crippen LogP contribution in [0.3, 0.4) is 0 Å². The van der Waals surface area contributed by atoms with Gasteiger partial charge in [-0.3, -0.25) is 0 Å². The zero-order chi connectivity index (χ0) is 21.5. The molecule has 1 saturated carbocycles. The van der Waals surface area contributed by atoms with E-state index >= 15 is 0 Å². The predicted molar refractivity (Wildman–Crippen MR) is 120 cm³/mol. The Labute approximate surface area is 184 Å². The molecule has 0 unspecified atom stereocenters. The molecule has 2 heterocycles. The third-order valence-electron chi connectivity index (χ3n) is 6.26. The van der Waals surface area contributed by atoms with Gasteiger partial charge in [-0.15, -0.1) is 5.10 Å². The number of aromatic nitrogens is 2. The van der Waals surface area contributed by atoms with Crippen molar-refractivity contribution in [3.63, 3.8) is 0 Å². The molecule has 2 aromatic rings. The average Bonchev–Trinajstić information content (AvgIpc) is 2.81. The SMILES string of the molecule is CCCCc1nnc(O[C@H]2CCNC[C@@H]2F)cc1-c1ccc(OC2CCCCC2)cc1. The number of benzene rings is 1. The van der Waals surface area contributed by atoms with Crippen molar-refractivity contribution in [1.82, 2.24) is 15.5 Å². The van der Waals surface area contributed by atoms with Gasteiger partial charge in [0.15, 0.2) is 0 Å². The minimum atomic E-state index is -1.03. The summed E-state index contributed by atoms with van der Waals surface area (Å²) in [7, 11) is 0. The summed E-state index contributed by atoms with van der Waals surface area (Å²) in [6.45, 7) is 3.24. The monoisotopic (exact) mass is 427 g/mol. The molecule has 1 saturated heterocycles. The average molecular weight is 428 g/mol. The van der Waals surface area contributed by atoms with Crippen LogP contribution in [0.5, 0.6) is 11.6 Å². The van der Waals surface area contributed by atoms with Crippen LogP contribution in [0.4, 0.5) is 4.39 Å². The summed E-state index contributed by atoms with van der Waals surface area (Å²) in [5.74, 6) is 1.31. The minimum Gasteiger partial charge on any atom is -0.490 e. The number of ether oxygens (including phenoxy) is 2. The molecule has 6 heteroatoms. The van der Waals surface area contributed by atoms with E-state index in [1.807, 2.05) is 18.2 Å². The van der Waals surface area contributed by atoms with Crippen molar-refractivity contribution in [2.45, 2.75) is 83.1 Å². The molecule has 2 aliphatic rings. The molecule has 0 spiro atoms. The lowest BCUT2D eigenvalue weighted by Crippen LogP contribution is -2.44. The third-order valence-corrected chi connectivity index (χ3v) is 6.26. The summed E-state index contributed by atoms with van der Waals surface area (Å²) in [6.07, 6.45) is 8.57. The van der Waals surface area contributed by atoms with Crippen molar-refractivity contribution < 1.29 is 13.9 Å². The normalized spacial score (nSPS) is 22.3. The highest BCUT2D eigenvalue weighted by atomic mass is 19.1. The lowest BCUT2D eigenvalue weighted by Gasteiger charge is -2.27. The van der Waals surface area contributed by atoms with E-state index in [-0.39, 0.29) is 0 Å². The quantitative estimate of drug-likeness (QED) is 0.621. The van der Waals surface area contributed by atoms with E-state index in [1.54, 1.807) is 0 Å². The van der Waals surface area contributed by atoms with Crippen LogP contribution in [0.2, 0.25) is 0 Å². The molecule has 31 heavy (non-hydrogen) atoms. The molecule has 1 aliphatic carbocycles. The second-order valence-corrected chi connectivity index (χ2v) is 8.71. The van der Waals surface area contributed by atoms with Gasteiger partial charge in [0.05, 0.1) is 11.8 Å². The summed E-state index contributed by atoms with van der Waals surface area (Å²) in [6, 6.07) is 10.2. The summed E-state index contributed by atoms with van der Waals surface area (Å²) in [5, 5.41) is 11.8. The van der Waals surface area contributed by atoms with Gasteiger partial charge in [-0.05, 0) is 69.2 Å². The number of rotatable bonds is 8. The van der Waals surface area contributed by atoms with Crippen molar-refractivity contribution in [3.05, 3.63) is 36.0 Å². The highest BCUT2D eigenvalue weighted by Crippen LogP contribution is 2.30. The Bertz CT molecular complexity index is 824. The van der Waals surface area contributed by atoms with Gasteiger partial charge in [-0.2, -0.15) is 5.10 Å². The molecule has 4 rings (SSSR count). The maximum atomic E-state index is 14.2. The van der Waals surface area contributed by atoms with Crippen molar-refractivity contribution in [3.8, 4) is 22.8 Å². The van der Waals surface area contributed by atoms with Crippen molar-refractivity contribution in [1.29, 1.82) is 0 Å². The maximum absolute atomic E-state index is 14.2. The molecule has 0 radical (unpaired) electrons. The largest absolute Gasteiger partial charge is 0.490 e. The Balaban J connectivity index is 1.52. The number of unbranched alkanes of at least 4 members (excludes halogenated alkanes) is 1. The Morgan fingerprint density at radius 3 is 2.58 bits per heavy atom. The van der Waals surface area contributed by atoms with E-state index in [2.05, 4.69) is 34.6 Å². The van der Waals surface area contributed by atoms with Gasteiger partial charge in [0.25, 0.3) is 0 Å². The zero-order valence-corrected chi connectivity index (χ0v) is 18.5. The summed E-state index contributed by atoms with van der Waals surface area (Å²) >= 11 is 0. The standard InChI is InChI=1S/C25H34FN3O2/c1-2-3-9-23-21(16-25(29-28-23)31-24-14-15-27-17-22(24)26)18-10-12-20(13-11-18)30-19-7-5-4-6-8-19/h10-13,16,19,22,24,27H,2-9,14-15,17H2,1H3/t22-,24-/m0/s1. The summed E-state index contributed by atoms with van der Waals surface area (Å²) in [4.78, 5) is 0. The van der Waals surface area contributed by atoms with E-state index in [9.17, 15) is 4.39 Å². The highest BCUT2D eigenvalue weighted by Gasteiger charge is 2.27. The number of hydrogen-bond acceptors (Lipinski definition) is 5. The Morgan fingerprint density at radius 1 is 1.03 bits per heavy atom. The number of aryl methyl sites for hydroxylation is 1. The maximum Gasteiger partial charge on any atom is 0.234 e. The third kappa shape index (κ3) is 5.94. The van der Waals surface area contributed by atoms with Gasteiger partial charge in [0.2, 0.25) is 5.88 Å². The molecule has 1 N–H and O–H groups in total. The first kappa shape index (κ1) is 22.0. The first-order valence-electron chi connectivity index (χ1n) is 11.9. The molecule has 2 atom stereocenters. The molecule has 1 aliphatic heterocycles. The molecule has 2 fully saturated rings. The van der Waals surface area contributed by atoms with Gasteiger partial charge in [0, 0.05) is 18.2 Å². The first-order valence-corrected chi connectivity index (χ1v) is 11.9. The van der Waals surface area contributed by atoms with Crippen LogP contribution < -0.4 is 14.8 Å². The van der Waals surface area contributed by atoms with Crippen LogP contribution in [0.1, 0.15) is 64.0 Å². The minimum absolute atomic E-state index is 0.321. The molecular formula is C25H34FN3O2. The van der Waals surface area contributed by atoms with E-state index in [0.29, 0.717) is 24.9 Å². The lowest BCUT2D eigenvalue weighted by atomic mass is 9.97. The second kappa shape index (κ2) is 10.9. The van der Waals surface area contributed by atoms with Crippen LogP contribution >= 0.6 is 0 Å². The molecule has 0 amide bonds. The summed E-state index contributed by atoms with van der Waals surface area (Å²) < 4.78 is 26.3. The van der Waals surface area contributed by atoms with E-state index in [1.165, 1.54) is 19.3 Å². The lowest BCUT2D eigenvalue weighted by molar-refractivity contribution is 0.0685. The van der Waals surface area contributed by atoms with Gasteiger partial charge >= 0.3 is 0 Å². The molecule has 5 nitrogen and oxygen atoms in total. The number of alkyl halides is 1. The molecular weight excluding hydrogens is 393 g/mol. The number of nitrogens with one attached hydrogen (secondary N) is 1. The number of halogens is 1. The first-order chi connectivity index (χ1) is 15.2. The van der Waals surface area contributed by atoms with Gasteiger partial charge < -0.3 is 14.8 Å². The van der Waals surface area contributed by atoms with Crippen LogP contribution in [-0.2, 0) is 6.42 Å². The Morgan fingerprint density at radius 2 is 1.84 bits per heavy atom. The number of nitrogens with zero attached hydrogens (tertiary/aromatic N) is 2. The highest BCUT2D eigenvalue weighted by molar-refractivity contribution is 5.67. The smallest absolute Gasteiger partial charge is 0.234 e. The zero-order valence-electron chi connectivity index (χ0n) is 18.5. The second-order valence-electron chi connectivity index (χ2n) is 8.71. The van der Waals surface area contributed by atoms with Crippen LogP contribution in [-0.4, -0.2) is 41.7 Å². The molecule has 0 bridgehead atoms. The van der Waals surface area contributed by atoms with E-state index in [0.717, 1.165) is 61.2 Å². The predicted octanol–water partition coefficient (Wildman–Crippen LogP) is 5.28. The topological polar surface area (TPSA) is 56.3 Å². The molecule has 1 aromatic carbocycles. The molecule has 1 aromatic heterocycles. The number of piperidine rings is 1. The summed E-state index contributed by atoms with van der Waals surface area (Å²) in [5.41, 5.74) is 3.02. The van der Waals surface area contributed by atoms with Gasteiger partial charge in [-0.25, -0.2) is 4.39 Å². The van der Waals surface area contributed by atoms with Crippen LogP contribution in [0.15, 0.2) is 30.3 Å². The molecule has 168 valence electrons. The van der Waals surface area contributed by atoms with Crippen molar-refractivity contribution in [2.75, 3.05) is 13.1 Å². The van der Waals surface area contributed by atoms with E-state index in [4.69, 9.17) is 9.47 Å². The van der Waals surface area contributed by atoms with Crippen molar-refractivity contribution >= 4 is 0 Å². The fourth-order valence-corrected chi connectivity index (χ4v) is 4.41. The Kier molecular flexibility index (Phi) is 7.73.